The van der Waals surface area contributed by atoms with Crippen LogP contribution in [-0.2, 0) is 7.05 Å². The Balaban J connectivity index is 2.15. The Labute approximate surface area is 125 Å². The van der Waals surface area contributed by atoms with Gasteiger partial charge in [-0.15, -0.1) is 0 Å². The molecule has 0 aliphatic rings. The molecule has 0 saturated carbocycles. The lowest BCUT2D eigenvalue weighted by Crippen LogP contribution is -2.31. The summed E-state index contributed by atoms with van der Waals surface area (Å²) in [5.74, 6) is 0. The summed E-state index contributed by atoms with van der Waals surface area (Å²) in [4.78, 5) is 4.22. The zero-order valence-corrected chi connectivity index (χ0v) is 12.7. The van der Waals surface area contributed by atoms with Gasteiger partial charge >= 0.3 is 0 Å². The average Bonchev–Trinajstić information content (AvgIpc) is 2.51. The second-order valence-electron chi connectivity index (χ2n) is 5.42. The molecule has 104 valence electrons. The molecular formula is C19H19N2+. The van der Waals surface area contributed by atoms with Gasteiger partial charge in [-0.3, -0.25) is 4.98 Å². The van der Waals surface area contributed by atoms with Crippen molar-refractivity contribution >= 4 is 0 Å². The molecule has 0 amide bonds. The molecule has 0 atom stereocenters. The summed E-state index contributed by atoms with van der Waals surface area (Å²) < 4.78 is 2.19. The summed E-state index contributed by atoms with van der Waals surface area (Å²) in [5.41, 5.74) is 7.45. The highest BCUT2D eigenvalue weighted by atomic mass is 14.9. The molecule has 2 heterocycles. The molecular weight excluding hydrogens is 256 g/mol. The Morgan fingerprint density at radius 1 is 0.905 bits per heavy atom. The van der Waals surface area contributed by atoms with Gasteiger partial charge in [0, 0.05) is 29.6 Å². The largest absolute Gasteiger partial charge is 0.264 e. The van der Waals surface area contributed by atoms with Gasteiger partial charge in [0.05, 0.1) is 5.56 Å². The molecule has 3 aromatic rings. The van der Waals surface area contributed by atoms with Crippen molar-refractivity contribution in [2.75, 3.05) is 0 Å². The third kappa shape index (κ3) is 2.57. The normalized spacial score (nSPS) is 10.6. The molecule has 3 rings (SSSR count). The van der Waals surface area contributed by atoms with Crippen molar-refractivity contribution in [3.05, 3.63) is 72.2 Å². The van der Waals surface area contributed by atoms with Crippen LogP contribution in [0.5, 0.6) is 0 Å². The van der Waals surface area contributed by atoms with Crippen LogP contribution in [0.25, 0.3) is 22.4 Å². The zero-order valence-electron chi connectivity index (χ0n) is 12.7. The van der Waals surface area contributed by atoms with Gasteiger partial charge in [-0.05, 0) is 37.1 Å². The fourth-order valence-corrected chi connectivity index (χ4v) is 2.70. The summed E-state index contributed by atoms with van der Waals surface area (Å²) in [6.45, 7) is 4.31. The molecule has 1 aromatic carbocycles. The Kier molecular flexibility index (Phi) is 3.53. The van der Waals surface area contributed by atoms with Crippen LogP contribution in [0.4, 0.5) is 0 Å². The molecule has 0 aliphatic heterocycles. The topological polar surface area (TPSA) is 16.8 Å². The molecule has 0 bridgehead atoms. The molecule has 21 heavy (non-hydrogen) atoms. The van der Waals surface area contributed by atoms with Gasteiger partial charge in [-0.1, -0.05) is 24.3 Å². The van der Waals surface area contributed by atoms with E-state index in [9.17, 15) is 0 Å². The summed E-state index contributed by atoms with van der Waals surface area (Å²) >= 11 is 0. The highest BCUT2D eigenvalue weighted by Gasteiger charge is 2.16. The minimum atomic E-state index is 1.15. The molecule has 0 unspecified atom stereocenters. The molecule has 0 fully saturated rings. The summed E-state index contributed by atoms with van der Waals surface area (Å²) in [6, 6.07) is 14.8. The molecule has 0 radical (unpaired) electrons. The molecule has 2 aromatic heterocycles. The smallest absolute Gasteiger partial charge is 0.212 e. The van der Waals surface area contributed by atoms with Crippen LogP contribution in [0.3, 0.4) is 0 Å². The highest BCUT2D eigenvalue weighted by molar-refractivity contribution is 5.68. The predicted molar refractivity (Wildman–Crippen MR) is 85.8 cm³/mol. The Morgan fingerprint density at radius 3 is 2.43 bits per heavy atom. The zero-order chi connectivity index (χ0) is 14.8. The lowest BCUT2D eigenvalue weighted by molar-refractivity contribution is -0.660. The van der Waals surface area contributed by atoms with E-state index in [0.29, 0.717) is 0 Å². The van der Waals surface area contributed by atoms with E-state index in [1.165, 1.54) is 27.9 Å². The van der Waals surface area contributed by atoms with Crippen molar-refractivity contribution < 1.29 is 4.57 Å². The summed E-state index contributed by atoms with van der Waals surface area (Å²) in [6.07, 6.45) is 5.91. The summed E-state index contributed by atoms with van der Waals surface area (Å²) in [5, 5.41) is 0. The number of pyridine rings is 2. The third-order valence-electron chi connectivity index (χ3n) is 3.87. The predicted octanol–water partition coefficient (Wildman–Crippen LogP) is 3.86. The van der Waals surface area contributed by atoms with Crippen LogP contribution in [0.2, 0.25) is 0 Å². The van der Waals surface area contributed by atoms with Crippen LogP contribution >= 0.6 is 0 Å². The van der Waals surface area contributed by atoms with Gasteiger partial charge in [0.15, 0.2) is 6.20 Å². The van der Waals surface area contributed by atoms with Gasteiger partial charge in [-0.25, -0.2) is 4.57 Å². The van der Waals surface area contributed by atoms with Crippen molar-refractivity contribution in [2.24, 2.45) is 7.05 Å². The molecule has 0 spiro atoms. The number of aryl methyl sites for hydroxylation is 3. The molecule has 0 saturated heterocycles. The SMILES string of the molecule is Cc1cc(-c2ccccc2C)[n+](C)cc1-c1cccnc1. The minimum Gasteiger partial charge on any atom is -0.264 e. The Bertz CT molecular complexity index is 777. The maximum Gasteiger partial charge on any atom is 0.212 e. The van der Waals surface area contributed by atoms with E-state index < -0.39 is 0 Å². The van der Waals surface area contributed by atoms with Crippen molar-refractivity contribution in [3.63, 3.8) is 0 Å². The van der Waals surface area contributed by atoms with Crippen LogP contribution in [0, 0.1) is 13.8 Å². The van der Waals surface area contributed by atoms with Gasteiger partial charge < -0.3 is 0 Å². The van der Waals surface area contributed by atoms with E-state index >= 15 is 0 Å². The first-order valence-corrected chi connectivity index (χ1v) is 7.13. The van der Waals surface area contributed by atoms with E-state index in [1.807, 2.05) is 12.3 Å². The lowest BCUT2D eigenvalue weighted by Gasteiger charge is -2.09. The quantitative estimate of drug-likeness (QED) is 0.649. The van der Waals surface area contributed by atoms with E-state index in [2.05, 4.69) is 73.0 Å². The molecule has 2 heteroatoms. The fraction of sp³-hybridized carbons (Fsp3) is 0.158. The van der Waals surface area contributed by atoms with Crippen LogP contribution in [0.15, 0.2) is 61.1 Å². The van der Waals surface area contributed by atoms with E-state index in [4.69, 9.17) is 0 Å². The number of nitrogens with zero attached hydrogens (tertiary/aromatic N) is 2. The second kappa shape index (κ2) is 5.49. The molecule has 2 nitrogen and oxygen atoms in total. The van der Waals surface area contributed by atoms with Gasteiger partial charge in [-0.2, -0.15) is 0 Å². The first-order chi connectivity index (χ1) is 10.2. The monoisotopic (exact) mass is 275 g/mol. The van der Waals surface area contributed by atoms with Crippen LogP contribution < -0.4 is 4.57 Å². The van der Waals surface area contributed by atoms with Gasteiger partial charge in [0.1, 0.15) is 7.05 Å². The fourth-order valence-electron chi connectivity index (χ4n) is 2.70. The summed E-state index contributed by atoms with van der Waals surface area (Å²) in [7, 11) is 2.10. The van der Waals surface area contributed by atoms with E-state index in [-0.39, 0.29) is 0 Å². The maximum absolute atomic E-state index is 4.22. The van der Waals surface area contributed by atoms with Crippen molar-refractivity contribution in [2.45, 2.75) is 13.8 Å². The van der Waals surface area contributed by atoms with E-state index in [0.717, 1.165) is 5.56 Å². The Hall–Kier alpha value is -2.48. The number of rotatable bonds is 2. The van der Waals surface area contributed by atoms with Crippen molar-refractivity contribution in [1.82, 2.24) is 4.98 Å². The second-order valence-corrected chi connectivity index (χ2v) is 5.42. The lowest BCUT2D eigenvalue weighted by atomic mass is 9.99. The van der Waals surface area contributed by atoms with Gasteiger partial charge in [0.25, 0.3) is 0 Å². The van der Waals surface area contributed by atoms with Gasteiger partial charge in [0.2, 0.25) is 5.69 Å². The number of benzene rings is 1. The molecule has 0 aliphatic carbocycles. The number of hydrogen-bond donors (Lipinski definition) is 0. The van der Waals surface area contributed by atoms with Crippen molar-refractivity contribution in [1.29, 1.82) is 0 Å². The first-order valence-electron chi connectivity index (χ1n) is 7.13. The highest BCUT2D eigenvalue weighted by Crippen LogP contribution is 2.26. The maximum atomic E-state index is 4.22. The minimum absolute atomic E-state index is 1.15. The van der Waals surface area contributed by atoms with E-state index in [1.54, 1.807) is 6.20 Å². The Morgan fingerprint density at radius 2 is 1.71 bits per heavy atom. The first kappa shape index (κ1) is 13.5. The third-order valence-corrected chi connectivity index (χ3v) is 3.87. The molecule has 0 N–H and O–H groups in total. The van der Waals surface area contributed by atoms with Crippen LogP contribution in [0.1, 0.15) is 11.1 Å². The van der Waals surface area contributed by atoms with Crippen molar-refractivity contribution in [3.8, 4) is 22.4 Å². The van der Waals surface area contributed by atoms with Crippen LogP contribution in [-0.4, -0.2) is 4.98 Å². The average molecular weight is 275 g/mol. The number of aromatic nitrogens is 2. The standard InChI is InChI=1S/C19H19N2/c1-14-7-4-5-9-17(14)19-11-15(2)18(13-21(19)3)16-8-6-10-20-12-16/h4-13H,1-3H3/q+1. The number of hydrogen-bond acceptors (Lipinski definition) is 1.